The zero-order chi connectivity index (χ0) is 9.68. The summed E-state index contributed by atoms with van der Waals surface area (Å²) in [7, 11) is 1.63. The third kappa shape index (κ3) is 3.15. The molecule has 0 aliphatic rings. The Labute approximate surface area is 78.2 Å². The van der Waals surface area contributed by atoms with Gasteiger partial charge in [-0.15, -0.1) is 0 Å². The second-order valence-electron chi connectivity index (χ2n) is 2.90. The summed E-state index contributed by atoms with van der Waals surface area (Å²) in [6.07, 6.45) is 0. The van der Waals surface area contributed by atoms with Gasteiger partial charge in [0.25, 0.3) is 0 Å². The first kappa shape index (κ1) is 9.58. The lowest BCUT2D eigenvalue weighted by Crippen LogP contribution is -2.26. The third-order valence-corrected chi connectivity index (χ3v) is 1.75. The number of hydrogen-bond donors (Lipinski definition) is 2. The van der Waals surface area contributed by atoms with Crippen molar-refractivity contribution in [3.63, 3.8) is 0 Å². The molecule has 1 amide bonds. The Hall–Kier alpha value is -1.51. The molecule has 2 N–H and O–H groups in total. The van der Waals surface area contributed by atoms with E-state index in [4.69, 9.17) is 0 Å². The standard InChI is InChI=1S/C10H14N2O/c1-8-4-3-5-9(6-8)12-7-10(13)11-2/h3-6,12H,7H2,1-2H3,(H,11,13). The molecule has 0 bridgehead atoms. The first-order valence-electron chi connectivity index (χ1n) is 4.23. The van der Waals surface area contributed by atoms with Crippen molar-refractivity contribution in [2.75, 3.05) is 18.9 Å². The Morgan fingerprint density at radius 1 is 1.46 bits per heavy atom. The highest BCUT2D eigenvalue weighted by molar-refractivity contribution is 5.80. The zero-order valence-electron chi connectivity index (χ0n) is 7.92. The summed E-state index contributed by atoms with van der Waals surface area (Å²) in [6.45, 7) is 2.34. The van der Waals surface area contributed by atoms with Crippen LogP contribution in [0.2, 0.25) is 0 Å². The van der Waals surface area contributed by atoms with Crippen molar-refractivity contribution >= 4 is 11.6 Å². The van der Waals surface area contributed by atoms with E-state index in [0.717, 1.165) is 5.69 Å². The highest BCUT2D eigenvalue weighted by atomic mass is 16.1. The molecular weight excluding hydrogens is 164 g/mol. The van der Waals surface area contributed by atoms with Crippen LogP contribution in [0.25, 0.3) is 0 Å². The molecule has 0 spiro atoms. The van der Waals surface area contributed by atoms with E-state index in [9.17, 15) is 4.79 Å². The zero-order valence-corrected chi connectivity index (χ0v) is 7.92. The molecule has 0 radical (unpaired) electrons. The van der Waals surface area contributed by atoms with Gasteiger partial charge in [0, 0.05) is 12.7 Å². The molecule has 1 aromatic rings. The summed E-state index contributed by atoms with van der Waals surface area (Å²) in [5.74, 6) is -0.0125. The van der Waals surface area contributed by atoms with E-state index in [2.05, 4.69) is 10.6 Å². The average Bonchev–Trinajstić information content (AvgIpc) is 2.14. The first-order valence-corrected chi connectivity index (χ1v) is 4.23. The molecular formula is C10H14N2O. The van der Waals surface area contributed by atoms with Crippen LogP contribution < -0.4 is 10.6 Å². The lowest BCUT2D eigenvalue weighted by molar-refractivity contribution is -0.118. The van der Waals surface area contributed by atoms with Gasteiger partial charge in [0.15, 0.2) is 0 Å². The van der Waals surface area contributed by atoms with Crippen molar-refractivity contribution in [3.8, 4) is 0 Å². The minimum atomic E-state index is -0.0125. The summed E-state index contributed by atoms with van der Waals surface area (Å²) >= 11 is 0. The molecule has 0 saturated carbocycles. The number of likely N-dealkylation sites (N-methyl/N-ethyl adjacent to an activating group) is 1. The van der Waals surface area contributed by atoms with Crippen LogP contribution in [0.1, 0.15) is 5.56 Å². The Balaban J connectivity index is 2.50. The Kier molecular flexibility index (Phi) is 3.31. The topological polar surface area (TPSA) is 41.1 Å². The quantitative estimate of drug-likeness (QED) is 0.729. The van der Waals surface area contributed by atoms with Crippen LogP contribution in [0.4, 0.5) is 5.69 Å². The van der Waals surface area contributed by atoms with Crippen molar-refractivity contribution in [1.82, 2.24) is 5.32 Å². The van der Waals surface area contributed by atoms with Gasteiger partial charge in [0.05, 0.1) is 6.54 Å². The fourth-order valence-electron chi connectivity index (χ4n) is 1.03. The summed E-state index contributed by atoms with van der Waals surface area (Å²) in [6, 6.07) is 7.92. The van der Waals surface area contributed by atoms with Crippen LogP contribution in [0.3, 0.4) is 0 Å². The Morgan fingerprint density at radius 2 is 2.23 bits per heavy atom. The molecule has 0 aliphatic carbocycles. The monoisotopic (exact) mass is 178 g/mol. The second-order valence-corrected chi connectivity index (χ2v) is 2.90. The van der Waals surface area contributed by atoms with Crippen molar-refractivity contribution in [2.24, 2.45) is 0 Å². The fraction of sp³-hybridized carbons (Fsp3) is 0.300. The van der Waals surface area contributed by atoms with Crippen molar-refractivity contribution in [2.45, 2.75) is 6.92 Å². The van der Waals surface area contributed by atoms with Gasteiger partial charge in [0.2, 0.25) is 5.91 Å². The third-order valence-electron chi connectivity index (χ3n) is 1.75. The number of hydrogen-bond acceptors (Lipinski definition) is 2. The summed E-state index contributed by atoms with van der Waals surface area (Å²) < 4.78 is 0. The molecule has 13 heavy (non-hydrogen) atoms. The fourth-order valence-corrected chi connectivity index (χ4v) is 1.03. The van der Waals surface area contributed by atoms with E-state index in [1.165, 1.54) is 5.56 Å². The number of aryl methyl sites for hydroxylation is 1. The maximum atomic E-state index is 10.9. The highest BCUT2D eigenvalue weighted by Gasteiger charge is 1.96. The van der Waals surface area contributed by atoms with Gasteiger partial charge in [0.1, 0.15) is 0 Å². The van der Waals surface area contributed by atoms with Crippen LogP contribution in [0.15, 0.2) is 24.3 Å². The van der Waals surface area contributed by atoms with Crippen LogP contribution in [-0.4, -0.2) is 19.5 Å². The molecule has 3 nitrogen and oxygen atoms in total. The van der Waals surface area contributed by atoms with E-state index < -0.39 is 0 Å². The first-order chi connectivity index (χ1) is 6.22. The summed E-state index contributed by atoms with van der Waals surface area (Å²) in [4.78, 5) is 10.9. The normalized spacial score (nSPS) is 9.38. The van der Waals surface area contributed by atoms with E-state index in [1.54, 1.807) is 7.05 Å². The lowest BCUT2D eigenvalue weighted by Gasteiger charge is -2.05. The van der Waals surface area contributed by atoms with Crippen molar-refractivity contribution < 1.29 is 4.79 Å². The second kappa shape index (κ2) is 4.50. The van der Waals surface area contributed by atoms with Crippen LogP contribution in [0.5, 0.6) is 0 Å². The number of nitrogens with one attached hydrogen (secondary N) is 2. The van der Waals surface area contributed by atoms with Gasteiger partial charge < -0.3 is 10.6 Å². The molecule has 0 fully saturated rings. The maximum Gasteiger partial charge on any atom is 0.239 e. The predicted octanol–water partition coefficient (Wildman–Crippen LogP) is 1.15. The number of anilines is 1. The molecule has 0 saturated heterocycles. The summed E-state index contributed by atoms with van der Waals surface area (Å²) in [5, 5.41) is 5.57. The predicted molar refractivity (Wildman–Crippen MR) is 53.7 cm³/mol. The van der Waals surface area contributed by atoms with E-state index in [0.29, 0.717) is 6.54 Å². The highest BCUT2D eigenvalue weighted by Crippen LogP contribution is 2.08. The van der Waals surface area contributed by atoms with Gasteiger partial charge >= 0.3 is 0 Å². The van der Waals surface area contributed by atoms with Gasteiger partial charge in [-0.25, -0.2) is 0 Å². The molecule has 1 aromatic carbocycles. The van der Waals surface area contributed by atoms with E-state index in [1.807, 2.05) is 31.2 Å². The molecule has 0 unspecified atom stereocenters. The van der Waals surface area contributed by atoms with E-state index >= 15 is 0 Å². The molecule has 70 valence electrons. The number of carbonyl (C=O) groups excluding carboxylic acids is 1. The maximum absolute atomic E-state index is 10.9. The molecule has 0 aliphatic heterocycles. The SMILES string of the molecule is CNC(=O)CNc1cccc(C)c1. The number of benzene rings is 1. The number of rotatable bonds is 3. The van der Waals surface area contributed by atoms with Gasteiger partial charge in [-0.1, -0.05) is 12.1 Å². The minimum absolute atomic E-state index is 0.0125. The van der Waals surface area contributed by atoms with Crippen molar-refractivity contribution in [1.29, 1.82) is 0 Å². The minimum Gasteiger partial charge on any atom is -0.376 e. The van der Waals surface area contributed by atoms with E-state index in [-0.39, 0.29) is 5.91 Å². The van der Waals surface area contributed by atoms with Crippen molar-refractivity contribution in [3.05, 3.63) is 29.8 Å². The smallest absolute Gasteiger partial charge is 0.239 e. The van der Waals surface area contributed by atoms with Crippen LogP contribution in [-0.2, 0) is 4.79 Å². The van der Waals surface area contributed by atoms with Gasteiger partial charge in [-0.3, -0.25) is 4.79 Å². The Bertz CT molecular complexity index is 297. The molecule has 0 aromatic heterocycles. The summed E-state index contributed by atoms with van der Waals surface area (Å²) in [5.41, 5.74) is 2.16. The molecule has 1 rings (SSSR count). The molecule has 0 heterocycles. The van der Waals surface area contributed by atoms with Gasteiger partial charge in [-0.05, 0) is 24.6 Å². The van der Waals surface area contributed by atoms with Crippen LogP contribution in [0, 0.1) is 6.92 Å². The number of amides is 1. The number of carbonyl (C=O) groups is 1. The van der Waals surface area contributed by atoms with Crippen LogP contribution >= 0.6 is 0 Å². The largest absolute Gasteiger partial charge is 0.376 e. The lowest BCUT2D eigenvalue weighted by atomic mass is 10.2. The van der Waals surface area contributed by atoms with Gasteiger partial charge in [-0.2, -0.15) is 0 Å². The molecule has 3 heteroatoms. The Morgan fingerprint density at radius 3 is 2.85 bits per heavy atom. The average molecular weight is 178 g/mol. The molecule has 0 atom stereocenters.